The van der Waals surface area contributed by atoms with Gasteiger partial charge in [0.15, 0.2) is 5.82 Å². The number of aromatic amines is 1. The van der Waals surface area contributed by atoms with Gasteiger partial charge < -0.3 is 9.51 Å². The van der Waals surface area contributed by atoms with Crippen molar-refractivity contribution in [3.05, 3.63) is 64.9 Å². The van der Waals surface area contributed by atoms with Crippen molar-refractivity contribution in [3.63, 3.8) is 0 Å². The van der Waals surface area contributed by atoms with Gasteiger partial charge >= 0.3 is 0 Å². The standard InChI is InChI=1S/C20H17N5O/c1-12-8-15(14(3)25(12)19-9-13(2)26-24-19)10-16(11-21)20-22-17-6-4-5-7-18(17)23-20/h4-10H,1-3H3,(H,22,23). The third kappa shape index (κ3) is 2.60. The van der Waals surface area contributed by atoms with Gasteiger partial charge in [-0.2, -0.15) is 5.26 Å². The highest BCUT2D eigenvalue weighted by Crippen LogP contribution is 2.25. The first-order valence-corrected chi connectivity index (χ1v) is 8.26. The number of allylic oxidation sites excluding steroid dienone is 1. The molecule has 4 aromatic rings. The lowest BCUT2D eigenvalue weighted by Gasteiger charge is -2.04. The average molecular weight is 343 g/mol. The molecule has 0 bridgehead atoms. The molecule has 0 aliphatic heterocycles. The van der Waals surface area contributed by atoms with E-state index in [4.69, 9.17) is 4.52 Å². The van der Waals surface area contributed by atoms with Gasteiger partial charge in [0.1, 0.15) is 17.7 Å². The Balaban J connectivity index is 1.80. The predicted molar refractivity (Wildman–Crippen MR) is 99.6 cm³/mol. The highest BCUT2D eigenvalue weighted by molar-refractivity contribution is 5.90. The molecular formula is C20H17N5O. The first kappa shape index (κ1) is 15.9. The van der Waals surface area contributed by atoms with E-state index in [1.807, 2.05) is 67.8 Å². The molecule has 0 atom stereocenters. The van der Waals surface area contributed by atoms with Crippen LogP contribution in [-0.2, 0) is 0 Å². The number of hydrogen-bond donors (Lipinski definition) is 1. The van der Waals surface area contributed by atoms with Crippen LogP contribution in [0.2, 0.25) is 0 Å². The van der Waals surface area contributed by atoms with E-state index in [0.717, 1.165) is 39.6 Å². The minimum atomic E-state index is 0.484. The smallest absolute Gasteiger partial charge is 0.180 e. The second kappa shape index (κ2) is 6.05. The van der Waals surface area contributed by atoms with E-state index in [9.17, 15) is 5.26 Å². The number of nitrogens with one attached hydrogen (secondary N) is 1. The molecule has 6 heteroatoms. The zero-order valence-electron chi connectivity index (χ0n) is 14.7. The van der Waals surface area contributed by atoms with Crippen LogP contribution in [0.15, 0.2) is 40.9 Å². The number of benzene rings is 1. The number of rotatable bonds is 3. The van der Waals surface area contributed by atoms with E-state index in [1.54, 1.807) is 0 Å². The number of H-pyrrole nitrogens is 1. The van der Waals surface area contributed by atoms with E-state index in [-0.39, 0.29) is 0 Å². The maximum Gasteiger partial charge on any atom is 0.180 e. The average Bonchev–Trinajstić information content (AvgIpc) is 3.30. The molecular weight excluding hydrogens is 326 g/mol. The van der Waals surface area contributed by atoms with Gasteiger partial charge in [-0.15, -0.1) is 0 Å². The van der Waals surface area contributed by atoms with Crippen LogP contribution in [-0.4, -0.2) is 19.7 Å². The molecule has 1 N–H and O–H groups in total. The maximum absolute atomic E-state index is 9.64. The van der Waals surface area contributed by atoms with Gasteiger partial charge in [0.25, 0.3) is 0 Å². The molecule has 0 unspecified atom stereocenters. The zero-order valence-corrected chi connectivity index (χ0v) is 14.7. The SMILES string of the molecule is Cc1cc(-n2c(C)cc(C=C(C#N)c3nc4ccccc4[nH]3)c2C)no1. The van der Waals surface area contributed by atoms with Crippen LogP contribution < -0.4 is 0 Å². The summed E-state index contributed by atoms with van der Waals surface area (Å²) in [5, 5.41) is 13.7. The summed E-state index contributed by atoms with van der Waals surface area (Å²) in [6, 6.07) is 13.9. The van der Waals surface area contributed by atoms with Gasteiger partial charge in [-0.3, -0.25) is 4.57 Å². The van der Waals surface area contributed by atoms with Crippen molar-refractivity contribution in [3.8, 4) is 11.9 Å². The molecule has 0 aliphatic rings. The number of aryl methyl sites for hydroxylation is 2. The Morgan fingerprint density at radius 1 is 1.23 bits per heavy atom. The minimum absolute atomic E-state index is 0.484. The summed E-state index contributed by atoms with van der Waals surface area (Å²) in [6.07, 6.45) is 1.85. The topological polar surface area (TPSA) is 83.4 Å². The Morgan fingerprint density at radius 3 is 2.73 bits per heavy atom. The van der Waals surface area contributed by atoms with Crippen LogP contribution in [0.1, 0.15) is 28.5 Å². The second-order valence-electron chi connectivity index (χ2n) is 6.23. The molecule has 0 spiro atoms. The van der Waals surface area contributed by atoms with Crippen LogP contribution in [0, 0.1) is 32.1 Å². The molecule has 3 aromatic heterocycles. The lowest BCUT2D eigenvalue weighted by molar-refractivity contribution is 0.394. The van der Waals surface area contributed by atoms with Crippen LogP contribution in [0.3, 0.4) is 0 Å². The van der Waals surface area contributed by atoms with Crippen molar-refractivity contribution >= 4 is 22.7 Å². The molecule has 0 aliphatic carbocycles. The predicted octanol–water partition coefficient (Wildman–Crippen LogP) is 4.33. The molecule has 3 heterocycles. The van der Waals surface area contributed by atoms with E-state index >= 15 is 0 Å². The molecule has 6 nitrogen and oxygen atoms in total. The quantitative estimate of drug-likeness (QED) is 0.561. The fraction of sp³-hybridized carbons (Fsp3) is 0.150. The van der Waals surface area contributed by atoms with Crippen molar-refractivity contribution < 1.29 is 4.52 Å². The molecule has 128 valence electrons. The van der Waals surface area contributed by atoms with E-state index in [1.165, 1.54) is 0 Å². The summed E-state index contributed by atoms with van der Waals surface area (Å²) in [6.45, 7) is 5.86. The van der Waals surface area contributed by atoms with Crippen LogP contribution >= 0.6 is 0 Å². The fourth-order valence-corrected chi connectivity index (χ4v) is 3.13. The van der Waals surface area contributed by atoms with Gasteiger partial charge in [0.2, 0.25) is 0 Å². The Kier molecular flexibility index (Phi) is 3.70. The van der Waals surface area contributed by atoms with E-state index in [2.05, 4.69) is 21.2 Å². The van der Waals surface area contributed by atoms with Gasteiger partial charge in [-0.25, -0.2) is 4.98 Å². The minimum Gasteiger partial charge on any atom is -0.360 e. The summed E-state index contributed by atoms with van der Waals surface area (Å²) in [5.74, 6) is 2.06. The van der Waals surface area contributed by atoms with Gasteiger partial charge in [0, 0.05) is 17.5 Å². The van der Waals surface area contributed by atoms with Gasteiger partial charge in [-0.05, 0) is 50.6 Å². The van der Waals surface area contributed by atoms with Gasteiger partial charge in [0.05, 0.1) is 16.6 Å². The fourth-order valence-electron chi connectivity index (χ4n) is 3.13. The number of nitriles is 1. The molecule has 0 saturated carbocycles. The van der Waals surface area contributed by atoms with Crippen molar-refractivity contribution in [2.75, 3.05) is 0 Å². The van der Waals surface area contributed by atoms with Crippen LogP contribution in [0.4, 0.5) is 0 Å². The lowest BCUT2D eigenvalue weighted by atomic mass is 10.1. The lowest BCUT2D eigenvalue weighted by Crippen LogP contribution is -1.99. The van der Waals surface area contributed by atoms with Gasteiger partial charge in [-0.1, -0.05) is 17.3 Å². The molecule has 0 amide bonds. The van der Waals surface area contributed by atoms with Crippen molar-refractivity contribution in [2.24, 2.45) is 0 Å². The number of hydrogen-bond acceptors (Lipinski definition) is 4. The number of fused-ring (bicyclic) bond motifs is 1. The summed E-state index contributed by atoms with van der Waals surface area (Å²) < 4.78 is 7.20. The van der Waals surface area contributed by atoms with E-state index in [0.29, 0.717) is 11.4 Å². The highest BCUT2D eigenvalue weighted by Gasteiger charge is 2.14. The molecule has 0 fully saturated rings. The van der Waals surface area contributed by atoms with E-state index < -0.39 is 0 Å². The van der Waals surface area contributed by atoms with Crippen LogP contribution in [0.5, 0.6) is 0 Å². The molecule has 0 radical (unpaired) electrons. The Labute approximate surface area is 150 Å². The first-order chi connectivity index (χ1) is 12.6. The Morgan fingerprint density at radius 2 is 2.04 bits per heavy atom. The number of nitrogens with zero attached hydrogens (tertiary/aromatic N) is 4. The first-order valence-electron chi connectivity index (χ1n) is 8.26. The largest absolute Gasteiger partial charge is 0.360 e. The Bertz CT molecular complexity index is 1150. The Hall–Kier alpha value is -3.59. The number of para-hydroxylation sites is 2. The number of imidazole rings is 1. The highest BCUT2D eigenvalue weighted by atomic mass is 16.5. The molecule has 4 rings (SSSR count). The van der Waals surface area contributed by atoms with Crippen molar-refractivity contribution in [1.82, 2.24) is 19.7 Å². The molecule has 1 aromatic carbocycles. The molecule has 0 saturated heterocycles. The normalized spacial score (nSPS) is 11.8. The third-order valence-corrected chi connectivity index (χ3v) is 4.38. The third-order valence-electron chi connectivity index (χ3n) is 4.38. The van der Waals surface area contributed by atoms with Crippen molar-refractivity contribution in [1.29, 1.82) is 5.26 Å². The summed E-state index contributed by atoms with van der Waals surface area (Å²) in [4.78, 5) is 7.73. The second-order valence-corrected chi connectivity index (χ2v) is 6.23. The number of aromatic nitrogens is 4. The van der Waals surface area contributed by atoms with Crippen LogP contribution in [0.25, 0.3) is 28.5 Å². The maximum atomic E-state index is 9.64. The summed E-state index contributed by atoms with van der Waals surface area (Å²) in [7, 11) is 0. The molecule has 26 heavy (non-hydrogen) atoms. The monoisotopic (exact) mass is 343 g/mol. The summed E-state index contributed by atoms with van der Waals surface area (Å²) in [5.41, 5.74) is 5.18. The zero-order chi connectivity index (χ0) is 18.3. The summed E-state index contributed by atoms with van der Waals surface area (Å²) >= 11 is 0. The van der Waals surface area contributed by atoms with Crippen molar-refractivity contribution in [2.45, 2.75) is 20.8 Å².